The Kier molecular flexibility index (Phi) is 5.08. The summed E-state index contributed by atoms with van der Waals surface area (Å²) in [5, 5.41) is 0. The molecule has 2 aliphatic heterocycles. The van der Waals surface area contributed by atoms with Crippen molar-refractivity contribution in [2.45, 2.75) is 20.3 Å². The van der Waals surface area contributed by atoms with E-state index in [1.165, 1.54) is 6.42 Å². The fourth-order valence-corrected chi connectivity index (χ4v) is 6.61. The molecule has 2 heterocycles. The molecule has 0 aromatic heterocycles. The lowest BCUT2D eigenvalue weighted by molar-refractivity contribution is 0.223. The molecule has 0 saturated carbocycles. The molecule has 1 saturated heterocycles. The van der Waals surface area contributed by atoms with Crippen LogP contribution in [0.3, 0.4) is 0 Å². The Bertz CT molecular complexity index is 835. The molecule has 140 valence electrons. The molecular weight excluding hydrogens is 353 g/mol. The second-order valence-electron chi connectivity index (χ2n) is 7.81. The first kappa shape index (κ1) is 18.3. The van der Waals surface area contributed by atoms with E-state index in [0.717, 1.165) is 24.2 Å². The summed E-state index contributed by atoms with van der Waals surface area (Å²) in [6.07, 6.45) is 1.19. The second kappa shape index (κ2) is 7.50. The first-order valence-electron chi connectivity index (χ1n) is 9.63. The molecule has 2 atom stereocenters. The van der Waals surface area contributed by atoms with Crippen LogP contribution in [0.15, 0.2) is 72.3 Å². The molecule has 0 radical (unpaired) electrons. The molecule has 0 aliphatic carbocycles. The predicted octanol–water partition coefficient (Wildman–Crippen LogP) is 6.27. The van der Waals surface area contributed by atoms with Crippen molar-refractivity contribution in [3.05, 3.63) is 83.4 Å². The molecule has 2 aromatic carbocycles. The Labute approximate surface area is 161 Å². The number of rotatable bonds is 3. The van der Waals surface area contributed by atoms with Crippen LogP contribution in [-0.2, 0) is 9.30 Å². The zero-order valence-corrected chi connectivity index (χ0v) is 16.8. The zero-order chi connectivity index (χ0) is 18.9. The van der Waals surface area contributed by atoms with Crippen molar-refractivity contribution in [2.24, 2.45) is 11.8 Å². The van der Waals surface area contributed by atoms with Crippen molar-refractivity contribution in [1.29, 1.82) is 0 Å². The van der Waals surface area contributed by atoms with Crippen LogP contribution in [0.5, 0.6) is 0 Å². The maximum atomic E-state index is 14.1. The lowest BCUT2D eigenvalue weighted by Crippen LogP contribution is -2.36. The van der Waals surface area contributed by atoms with Gasteiger partial charge in [-0.05, 0) is 18.3 Å². The third-order valence-electron chi connectivity index (χ3n) is 5.23. The fourth-order valence-electron chi connectivity index (χ4n) is 4.06. The molecule has 0 unspecified atom stereocenters. The van der Waals surface area contributed by atoms with Crippen LogP contribution in [0.1, 0.15) is 31.4 Å². The lowest BCUT2D eigenvalue weighted by atomic mass is 9.94. The van der Waals surface area contributed by atoms with Crippen LogP contribution in [0.4, 0.5) is 0 Å². The van der Waals surface area contributed by atoms with Crippen LogP contribution in [-0.4, -0.2) is 17.8 Å². The van der Waals surface area contributed by atoms with E-state index in [9.17, 15) is 4.57 Å². The first-order chi connectivity index (χ1) is 13.0. The van der Waals surface area contributed by atoms with E-state index in [1.807, 2.05) is 72.3 Å². The van der Waals surface area contributed by atoms with Crippen molar-refractivity contribution < 1.29 is 9.30 Å². The number of hydrogen-bond acceptors (Lipinski definition) is 2. The summed E-state index contributed by atoms with van der Waals surface area (Å²) < 4.78 is 22.5. The van der Waals surface area contributed by atoms with Crippen LogP contribution < -0.4 is 0 Å². The van der Waals surface area contributed by atoms with Crippen LogP contribution >= 0.6 is 7.29 Å². The molecule has 0 spiro atoms. The molecular formula is C23H26NO2P. The highest BCUT2D eigenvalue weighted by Crippen LogP contribution is 2.60. The molecule has 2 aromatic rings. The summed E-state index contributed by atoms with van der Waals surface area (Å²) in [5.41, 5.74) is 1.91. The van der Waals surface area contributed by atoms with E-state index in [1.54, 1.807) is 0 Å². The average molecular weight is 379 g/mol. The van der Waals surface area contributed by atoms with Crippen LogP contribution in [0.25, 0.3) is 11.5 Å². The van der Waals surface area contributed by atoms with Crippen LogP contribution in [0.2, 0.25) is 0 Å². The minimum absolute atomic E-state index is 0.546. The Morgan fingerprint density at radius 2 is 1.26 bits per heavy atom. The van der Waals surface area contributed by atoms with Gasteiger partial charge in [0, 0.05) is 35.9 Å². The van der Waals surface area contributed by atoms with E-state index in [0.29, 0.717) is 23.4 Å². The van der Waals surface area contributed by atoms with E-state index >= 15 is 0 Å². The molecule has 1 fully saturated rings. The molecule has 0 N–H and O–H groups in total. The van der Waals surface area contributed by atoms with E-state index in [2.05, 4.69) is 18.5 Å². The third kappa shape index (κ3) is 3.95. The third-order valence-corrected chi connectivity index (χ3v) is 7.65. The summed E-state index contributed by atoms with van der Waals surface area (Å²) in [6.45, 7) is 6.22. The maximum absolute atomic E-state index is 14.1. The number of nitrogens with zero attached hydrogens (tertiary/aromatic N) is 1. The maximum Gasteiger partial charge on any atom is 0.200 e. The number of benzene rings is 2. The molecule has 0 bridgehead atoms. The van der Waals surface area contributed by atoms with Crippen molar-refractivity contribution in [3.63, 3.8) is 0 Å². The molecule has 4 rings (SSSR count). The normalized spacial score (nSPS) is 25.3. The molecule has 0 amide bonds. The molecule has 4 heteroatoms. The van der Waals surface area contributed by atoms with Gasteiger partial charge in [0.25, 0.3) is 0 Å². The topological polar surface area (TPSA) is 29.5 Å². The molecule has 27 heavy (non-hydrogen) atoms. The Hall–Kier alpha value is -2.09. The summed E-state index contributed by atoms with van der Waals surface area (Å²) in [5.74, 6) is 6.19. The second-order valence-corrected chi connectivity index (χ2v) is 10.2. The average Bonchev–Trinajstić information content (AvgIpc) is 2.68. The van der Waals surface area contributed by atoms with Gasteiger partial charge in [-0.15, -0.1) is 0 Å². The van der Waals surface area contributed by atoms with Crippen molar-refractivity contribution in [1.82, 2.24) is 4.67 Å². The van der Waals surface area contributed by atoms with Crippen molar-refractivity contribution in [2.75, 3.05) is 13.1 Å². The number of ether oxygens (including phenoxy) is 1. The standard InChI is InChI=1S/C23H26NO2P/c1-18-13-19(2)15-24(14-18)27(25)16-22(20-9-5-3-6-10-20)26-23(17-27)21-11-7-4-8-12-21/h3-12,16-19H,13-15H2,1-2H3/t18-,19-/m0/s1. The van der Waals surface area contributed by atoms with Gasteiger partial charge in [-0.2, -0.15) is 0 Å². The van der Waals surface area contributed by atoms with Crippen LogP contribution in [0, 0.1) is 11.8 Å². The minimum atomic E-state index is -2.82. The number of hydrogen-bond donors (Lipinski definition) is 0. The summed E-state index contributed by atoms with van der Waals surface area (Å²) in [6, 6.07) is 19.9. The Balaban J connectivity index is 1.78. The highest BCUT2D eigenvalue weighted by atomic mass is 31.2. The van der Waals surface area contributed by atoms with Gasteiger partial charge in [-0.3, -0.25) is 4.57 Å². The predicted molar refractivity (Wildman–Crippen MR) is 112 cm³/mol. The van der Waals surface area contributed by atoms with Gasteiger partial charge >= 0.3 is 0 Å². The highest BCUT2D eigenvalue weighted by Gasteiger charge is 2.36. The zero-order valence-electron chi connectivity index (χ0n) is 15.9. The molecule has 2 aliphatic rings. The minimum Gasteiger partial charge on any atom is -0.456 e. The van der Waals surface area contributed by atoms with Gasteiger partial charge in [-0.25, -0.2) is 4.67 Å². The monoisotopic (exact) mass is 379 g/mol. The lowest BCUT2D eigenvalue weighted by Gasteiger charge is -2.39. The van der Waals surface area contributed by atoms with E-state index in [-0.39, 0.29) is 0 Å². The van der Waals surface area contributed by atoms with Crippen molar-refractivity contribution >= 4 is 18.8 Å². The van der Waals surface area contributed by atoms with Gasteiger partial charge in [0.15, 0.2) is 0 Å². The van der Waals surface area contributed by atoms with Gasteiger partial charge in [0.2, 0.25) is 7.29 Å². The van der Waals surface area contributed by atoms with Gasteiger partial charge in [0.1, 0.15) is 11.5 Å². The van der Waals surface area contributed by atoms with Crippen molar-refractivity contribution in [3.8, 4) is 0 Å². The highest BCUT2D eigenvalue weighted by molar-refractivity contribution is 7.68. The summed E-state index contributed by atoms with van der Waals surface area (Å²) in [7, 11) is -2.82. The number of piperidine rings is 1. The largest absolute Gasteiger partial charge is 0.456 e. The summed E-state index contributed by atoms with van der Waals surface area (Å²) >= 11 is 0. The van der Waals surface area contributed by atoms with Gasteiger partial charge in [0.05, 0.1) is 0 Å². The van der Waals surface area contributed by atoms with E-state index in [4.69, 9.17) is 4.74 Å². The smallest absolute Gasteiger partial charge is 0.200 e. The molecule has 3 nitrogen and oxygen atoms in total. The Morgan fingerprint density at radius 1 is 0.815 bits per heavy atom. The van der Waals surface area contributed by atoms with Gasteiger partial charge < -0.3 is 4.74 Å². The summed E-state index contributed by atoms with van der Waals surface area (Å²) in [4.78, 5) is 0. The quantitative estimate of drug-likeness (QED) is 0.589. The van der Waals surface area contributed by atoms with Gasteiger partial charge in [-0.1, -0.05) is 74.5 Å². The SMILES string of the molecule is C[C@H]1C[C@H](C)CN(P2(=O)C=C(c3ccccc3)OC(c3ccccc3)=C2)C1. The first-order valence-corrected chi connectivity index (χ1v) is 11.4. The fraction of sp³-hybridized carbons (Fsp3) is 0.304. The van der Waals surface area contributed by atoms with E-state index < -0.39 is 7.29 Å². The Morgan fingerprint density at radius 3 is 1.70 bits per heavy atom.